The normalized spacial score (nSPS) is 12.6. The van der Waals surface area contributed by atoms with Gasteiger partial charge in [0, 0.05) is 48.1 Å². The van der Waals surface area contributed by atoms with Crippen LogP contribution in [0.15, 0.2) is 29.3 Å². The van der Waals surface area contributed by atoms with Crippen LogP contribution in [-0.2, 0) is 19.8 Å². The number of nitrogens with one attached hydrogen (secondary N) is 3. The summed E-state index contributed by atoms with van der Waals surface area (Å²) < 4.78 is 5.49. The van der Waals surface area contributed by atoms with Crippen LogP contribution in [0.1, 0.15) is 71.9 Å². The lowest BCUT2D eigenvalue weighted by Crippen LogP contribution is -2.48. The van der Waals surface area contributed by atoms with Gasteiger partial charge in [0.1, 0.15) is 11.8 Å². The van der Waals surface area contributed by atoms with Gasteiger partial charge in [0.25, 0.3) is 0 Å². The van der Waals surface area contributed by atoms with Crippen molar-refractivity contribution in [2.45, 2.75) is 89.8 Å². The number of hydrogen-bond acceptors (Lipinski definition) is 8. The van der Waals surface area contributed by atoms with Crippen molar-refractivity contribution in [2.24, 2.45) is 22.2 Å². The van der Waals surface area contributed by atoms with Crippen molar-refractivity contribution in [2.75, 3.05) is 25.5 Å². The molecule has 3 atom stereocenters. The Morgan fingerprint density at radius 1 is 1.04 bits per heavy atom. The molecule has 1 aromatic carbocycles. The number of aliphatic imine (C=N–C) groups is 1. The minimum absolute atomic E-state index is 0. The quantitative estimate of drug-likeness (QED) is 0.0722. The van der Waals surface area contributed by atoms with Gasteiger partial charge in [-0.2, -0.15) is 0 Å². The number of anilines is 1. The van der Waals surface area contributed by atoms with Gasteiger partial charge in [-0.3, -0.25) is 19.6 Å². The van der Waals surface area contributed by atoms with Crippen molar-refractivity contribution in [1.82, 2.24) is 15.6 Å². The first kappa shape index (κ1) is 44.9. The lowest BCUT2D eigenvalue weighted by atomic mass is 9.91. The van der Waals surface area contributed by atoms with Crippen LogP contribution in [0.4, 0.5) is 5.69 Å². The van der Waals surface area contributed by atoms with E-state index in [1.165, 1.54) is 0 Å². The van der Waals surface area contributed by atoms with E-state index in [1.807, 2.05) is 18.2 Å². The summed E-state index contributed by atoms with van der Waals surface area (Å²) in [5.41, 5.74) is 19.0. The number of fused-ring (bicyclic) bond motifs is 1. The van der Waals surface area contributed by atoms with Gasteiger partial charge < -0.3 is 43.0 Å². The Morgan fingerprint density at radius 2 is 1.72 bits per heavy atom. The molecule has 0 fully saturated rings. The van der Waals surface area contributed by atoms with Gasteiger partial charge in [-0.1, -0.05) is 26.8 Å². The smallest absolute Gasteiger partial charge is 0.326 e. The highest BCUT2D eigenvalue weighted by Gasteiger charge is 2.24. The Balaban J connectivity index is 0. The zero-order chi connectivity index (χ0) is 32.2. The van der Waals surface area contributed by atoms with Gasteiger partial charge in [0.15, 0.2) is 5.96 Å². The van der Waals surface area contributed by atoms with Crippen molar-refractivity contribution in [3.63, 3.8) is 0 Å². The number of amides is 2. The number of halogens is 3. The third-order valence-corrected chi connectivity index (χ3v) is 6.89. The summed E-state index contributed by atoms with van der Waals surface area (Å²) in [6, 6.07) is 5.95. The number of carboxylic acids is 1. The molecule has 0 aliphatic rings. The fourth-order valence-corrected chi connectivity index (χ4v) is 4.38. The summed E-state index contributed by atoms with van der Waals surface area (Å²) in [4.78, 5) is 45.0. The summed E-state index contributed by atoms with van der Waals surface area (Å²) in [6.07, 6.45) is 2.11. The first-order valence-corrected chi connectivity index (χ1v) is 14.6. The maximum absolute atomic E-state index is 12.4. The largest absolute Gasteiger partial charge is 0.497 e. The summed E-state index contributed by atoms with van der Waals surface area (Å²) in [6.45, 7) is 9.19. The number of benzene rings is 1. The van der Waals surface area contributed by atoms with E-state index in [0.717, 1.165) is 34.5 Å². The molecule has 0 saturated carbocycles. The minimum Gasteiger partial charge on any atom is -0.497 e. The first-order chi connectivity index (χ1) is 20.2. The molecule has 0 aliphatic carbocycles. The molecule has 1 heterocycles. The second kappa shape index (κ2) is 21.5. The molecule has 46 heavy (non-hydrogen) atoms. The molecule has 16 heteroatoms. The SMILES string of the molecule is COc1cc(NC(C)CCCNC(=O)CC[C@H](NC(=O)[C@H](N)CCCN=C(N)N)C(=O)O)c2nc(C(C)(C)C)ccc2c1.Cl.Cl.Cl. The molecule has 1 aromatic heterocycles. The van der Waals surface area contributed by atoms with E-state index < -0.39 is 24.0 Å². The number of rotatable bonds is 17. The predicted octanol–water partition coefficient (Wildman–Crippen LogP) is 3.23. The lowest BCUT2D eigenvalue weighted by molar-refractivity contribution is -0.142. The second-order valence-electron chi connectivity index (χ2n) is 11.7. The van der Waals surface area contributed by atoms with Crippen LogP contribution in [0.5, 0.6) is 5.75 Å². The van der Waals surface area contributed by atoms with Crippen LogP contribution >= 0.6 is 37.2 Å². The highest BCUT2D eigenvalue weighted by molar-refractivity contribution is 5.92. The van der Waals surface area contributed by atoms with Gasteiger partial charge in [-0.15, -0.1) is 37.2 Å². The Labute approximate surface area is 289 Å². The Hall–Kier alpha value is -3.26. The topological polar surface area (TPSA) is 220 Å². The van der Waals surface area contributed by atoms with Crippen LogP contribution in [0.3, 0.4) is 0 Å². The van der Waals surface area contributed by atoms with E-state index in [9.17, 15) is 19.5 Å². The van der Waals surface area contributed by atoms with Gasteiger partial charge in [-0.05, 0) is 51.2 Å². The number of aromatic nitrogens is 1. The van der Waals surface area contributed by atoms with Crippen LogP contribution in [0.2, 0.25) is 0 Å². The summed E-state index contributed by atoms with van der Waals surface area (Å²) in [7, 11) is 1.63. The van der Waals surface area contributed by atoms with Crippen LogP contribution in [-0.4, -0.2) is 72.2 Å². The number of carbonyl (C=O) groups is 3. The number of guanidine groups is 1. The second-order valence-corrected chi connectivity index (χ2v) is 11.7. The zero-order valence-electron chi connectivity index (χ0n) is 27.1. The molecule has 10 N–H and O–H groups in total. The molecule has 2 amide bonds. The monoisotopic (exact) mass is 708 g/mol. The standard InChI is InChI=1S/C30H48N8O5.3ClH/c1-18(36-23-17-20(43-5)16-19-10-12-24(30(2,3)4)38-26(19)23)8-6-14-34-25(39)13-11-22(28(41)42)37-27(40)21(31)9-7-15-35-29(32)33;;;/h10,12,16-18,21-22,36H,6-9,11,13-15,31H2,1-5H3,(H,34,39)(H,37,40)(H,41,42)(H4,32,33,35);3*1H/t18?,21-,22+;;;/m1.../s1. The van der Waals surface area contributed by atoms with Crippen molar-refractivity contribution >= 4 is 77.6 Å². The number of methoxy groups -OCH3 is 1. The molecule has 0 spiro atoms. The number of nitrogens with two attached hydrogens (primary N) is 3. The number of nitrogens with zero attached hydrogens (tertiary/aromatic N) is 2. The summed E-state index contributed by atoms with van der Waals surface area (Å²) >= 11 is 0. The number of carbonyl (C=O) groups excluding carboxylic acids is 2. The van der Waals surface area contributed by atoms with Gasteiger partial charge in [0.05, 0.1) is 24.4 Å². The van der Waals surface area contributed by atoms with Crippen LogP contribution in [0.25, 0.3) is 10.9 Å². The third kappa shape index (κ3) is 15.4. The van der Waals surface area contributed by atoms with Crippen LogP contribution < -0.4 is 37.9 Å². The molecule has 0 radical (unpaired) electrons. The molecule has 2 aromatic rings. The average molecular weight is 710 g/mol. The molecule has 262 valence electrons. The lowest BCUT2D eigenvalue weighted by Gasteiger charge is -2.21. The molecule has 2 rings (SSSR count). The predicted molar refractivity (Wildman–Crippen MR) is 191 cm³/mol. The molecule has 0 aliphatic heterocycles. The molecule has 13 nitrogen and oxygen atoms in total. The molecular formula is C30H51Cl3N8O5. The van der Waals surface area contributed by atoms with Gasteiger partial charge >= 0.3 is 5.97 Å². The average Bonchev–Trinajstić information content (AvgIpc) is 2.94. The Kier molecular flexibility index (Phi) is 21.0. The summed E-state index contributed by atoms with van der Waals surface area (Å²) in [5, 5.41) is 19.2. The van der Waals surface area contributed by atoms with Gasteiger partial charge in [-0.25, -0.2) is 4.79 Å². The van der Waals surface area contributed by atoms with Crippen molar-refractivity contribution < 1.29 is 24.2 Å². The van der Waals surface area contributed by atoms with E-state index in [2.05, 4.69) is 54.7 Å². The molecule has 1 unspecified atom stereocenters. The van der Waals surface area contributed by atoms with E-state index in [4.69, 9.17) is 26.9 Å². The number of aliphatic carboxylic acids is 1. The maximum atomic E-state index is 12.4. The van der Waals surface area contributed by atoms with Crippen LogP contribution in [0, 0.1) is 0 Å². The minimum atomic E-state index is -1.23. The van der Waals surface area contributed by atoms with E-state index in [0.29, 0.717) is 25.9 Å². The Morgan fingerprint density at radius 3 is 2.30 bits per heavy atom. The molecule has 0 saturated heterocycles. The number of hydrogen-bond donors (Lipinski definition) is 7. The molecular weight excluding hydrogens is 659 g/mol. The third-order valence-electron chi connectivity index (χ3n) is 6.89. The molecule has 0 bridgehead atoms. The van der Waals surface area contributed by atoms with Crippen molar-refractivity contribution in [1.29, 1.82) is 0 Å². The van der Waals surface area contributed by atoms with Crippen molar-refractivity contribution in [3.8, 4) is 5.75 Å². The summed E-state index contributed by atoms with van der Waals surface area (Å²) in [5.74, 6) is -1.45. The van der Waals surface area contributed by atoms with E-state index >= 15 is 0 Å². The highest BCUT2D eigenvalue weighted by atomic mass is 35.5. The first-order valence-electron chi connectivity index (χ1n) is 14.6. The fraction of sp³-hybridized carbons (Fsp3) is 0.567. The number of pyridine rings is 1. The van der Waals surface area contributed by atoms with Gasteiger partial charge in [0.2, 0.25) is 11.8 Å². The Bertz CT molecular complexity index is 1290. The maximum Gasteiger partial charge on any atom is 0.326 e. The van der Waals surface area contributed by atoms with E-state index in [1.54, 1.807) is 7.11 Å². The highest BCUT2D eigenvalue weighted by Crippen LogP contribution is 2.31. The fourth-order valence-electron chi connectivity index (χ4n) is 4.38. The van der Waals surface area contributed by atoms with E-state index in [-0.39, 0.29) is 79.8 Å². The zero-order valence-corrected chi connectivity index (χ0v) is 29.6. The number of ether oxygens (including phenoxy) is 1. The number of carboxylic acid groups (broad SMARTS) is 1. The van der Waals surface area contributed by atoms with Crippen molar-refractivity contribution in [3.05, 3.63) is 30.0 Å².